The van der Waals surface area contributed by atoms with Crippen molar-refractivity contribution in [3.8, 4) is 5.75 Å². The summed E-state index contributed by atoms with van der Waals surface area (Å²) in [5, 5.41) is 3.13. The topological polar surface area (TPSA) is 96.0 Å². The van der Waals surface area contributed by atoms with Gasteiger partial charge in [-0.05, 0) is 75.1 Å². The normalized spacial score (nSPS) is 14.6. The van der Waals surface area contributed by atoms with Crippen LogP contribution in [0.15, 0.2) is 77.7 Å². The first-order chi connectivity index (χ1) is 20.1. The molecule has 1 aliphatic rings. The van der Waals surface area contributed by atoms with Gasteiger partial charge < -0.3 is 15.0 Å². The van der Waals surface area contributed by atoms with Crippen molar-refractivity contribution in [3.05, 3.63) is 89.5 Å². The number of anilines is 1. The number of nitrogens with one attached hydrogen (secondary N) is 1. The average Bonchev–Trinajstić information content (AvgIpc) is 2.99. The lowest BCUT2D eigenvalue weighted by molar-refractivity contribution is -0.139. The highest BCUT2D eigenvalue weighted by Crippen LogP contribution is 2.28. The maximum absolute atomic E-state index is 14.2. The van der Waals surface area contributed by atoms with Crippen LogP contribution in [0, 0.1) is 13.8 Å². The summed E-state index contributed by atoms with van der Waals surface area (Å²) in [5.74, 6) is -0.0426. The number of nitrogens with zero attached hydrogens (tertiary/aromatic N) is 2. The number of carbonyl (C=O) groups is 2. The second-order valence-corrected chi connectivity index (χ2v) is 12.9. The number of rotatable bonds is 11. The molecule has 9 heteroatoms. The molecule has 3 aromatic rings. The number of methoxy groups -OCH3 is 1. The Morgan fingerprint density at radius 1 is 0.952 bits per heavy atom. The molecule has 8 nitrogen and oxygen atoms in total. The van der Waals surface area contributed by atoms with E-state index in [4.69, 9.17) is 4.74 Å². The Hall–Kier alpha value is -3.85. The third-order valence-electron chi connectivity index (χ3n) is 7.86. The predicted molar refractivity (Wildman–Crippen MR) is 165 cm³/mol. The molecule has 4 rings (SSSR count). The molecule has 1 atom stereocenters. The molecule has 1 fully saturated rings. The van der Waals surface area contributed by atoms with Crippen molar-refractivity contribution >= 4 is 27.5 Å². The van der Waals surface area contributed by atoms with Crippen molar-refractivity contribution < 1.29 is 22.7 Å². The van der Waals surface area contributed by atoms with Crippen LogP contribution in [0.3, 0.4) is 0 Å². The van der Waals surface area contributed by atoms with Crippen molar-refractivity contribution in [1.29, 1.82) is 0 Å². The minimum Gasteiger partial charge on any atom is -0.497 e. The number of aryl methyl sites for hydroxylation is 2. The summed E-state index contributed by atoms with van der Waals surface area (Å²) in [6, 6.07) is 20.1. The molecule has 0 bridgehead atoms. The summed E-state index contributed by atoms with van der Waals surface area (Å²) in [5.41, 5.74) is 2.92. The maximum atomic E-state index is 14.2. The van der Waals surface area contributed by atoms with Gasteiger partial charge in [0.1, 0.15) is 18.3 Å². The number of benzene rings is 3. The van der Waals surface area contributed by atoms with Gasteiger partial charge in [0.25, 0.3) is 10.0 Å². The van der Waals surface area contributed by atoms with Gasteiger partial charge in [-0.2, -0.15) is 0 Å². The fourth-order valence-electron chi connectivity index (χ4n) is 5.40. The maximum Gasteiger partial charge on any atom is 0.264 e. The van der Waals surface area contributed by atoms with Gasteiger partial charge in [0, 0.05) is 12.6 Å². The van der Waals surface area contributed by atoms with Crippen LogP contribution < -0.4 is 14.4 Å². The van der Waals surface area contributed by atoms with Crippen molar-refractivity contribution in [2.45, 2.75) is 76.4 Å². The minimum atomic E-state index is -4.10. The number of hydrogen-bond acceptors (Lipinski definition) is 5. The highest BCUT2D eigenvalue weighted by atomic mass is 32.2. The van der Waals surface area contributed by atoms with E-state index in [1.54, 1.807) is 50.4 Å². The Bertz CT molecular complexity index is 1470. The zero-order chi connectivity index (χ0) is 30.3. The van der Waals surface area contributed by atoms with E-state index in [-0.39, 0.29) is 23.4 Å². The number of carbonyl (C=O) groups excluding carboxylic acids is 2. The van der Waals surface area contributed by atoms with Gasteiger partial charge >= 0.3 is 0 Å². The lowest BCUT2D eigenvalue weighted by atomic mass is 9.95. The molecule has 0 heterocycles. The van der Waals surface area contributed by atoms with Crippen LogP contribution in [0.2, 0.25) is 0 Å². The predicted octanol–water partition coefficient (Wildman–Crippen LogP) is 5.37. The number of sulfonamides is 1. The van der Waals surface area contributed by atoms with Crippen LogP contribution in [0.4, 0.5) is 5.69 Å². The van der Waals surface area contributed by atoms with Crippen molar-refractivity contribution in [3.63, 3.8) is 0 Å². The fourth-order valence-corrected chi connectivity index (χ4v) is 6.90. The highest BCUT2D eigenvalue weighted by molar-refractivity contribution is 7.92. The molecule has 0 radical (unpaired) electrons. The zero-order valence-electron chi connectivity index (χ0n) is 24.9. The van der Waals surface area contributed by atoms with Crippen molar-refractivity contribution in [1.82, 2.24) is 10.2 Å². The first kappa shape index (κ1) is 31.1. The smallest absolute Gasteiger partial charge is 0.264 e. The quantitative estimate of drug-likeness (QED) is 0.323. The van der Waals surface area contributed by atoms with Gasteiger partial charge in [0.2, 0.25) is 11.8 Å². The molecule has 224 valence electrons. The third-order valence-corrected chi connectivity index (χ3v) is 9.64. The van der Waals surface area contributed by atoms with E-state index in [1.165, 1.54) is 17.0 Å². The fraction of sp³-hybridized carbons (Fsp3) is 0.394. The molecule has 0 spiro atoms. The highest BCUT2D eigenvalue weighted by Gasteiger charge is 2.33. The van der Waals surface area contributed by atoms with Gasteiger partial charge in [-0.3, -0.25) is 13.9 Å². The Labute approximate surface area is 249 Å². The lowest BCUT2D eigenvalue weighted by Crippen LogP contribution is -2.53. The Kier molecular flexibility index (Phi) is 10.3. The summed E-state index contributed by atoms with van der Waals surface area (Å²) in [6.07, 6.45) is 5.13. The molecular formula is C33H41N3O5S. The standard InChI is InChI=1S/C33H41N3O5S/c1-24-15-20-31(25(2)21-24)36(42(39,40)30-13-9-6-10-14-30)23-32(37)35(22-27-16-18-29(41-4)19-17-27)26(3)33(38)34-28-11-7-5-8-12-28/h6,9-10,13-21,26,28H,5,7-8,11-12,22-23H2,1-4H3,(H,34,38)/t26-/m1/s1. The Balaban J connectivity index is 1.69. The van der Waals surface area contributed by atoms with E-state index < -0.39 is 28.5 Å². The van der Waals surface area contributed by atoms with Gasteiger partial charge in [-0.25, -0.2) is 8.42 Å². The number of ether oxygens (including phenoxy) is 1. The molecule has 1 aliphatic carbocycles. The van der Waals surface area contributed by atoms with Crippen LogP contribution in [0.5, 0.6) is 5.75 Å². The van der Waals surface area contributed by atoms with Gasteiger partial charge in [-0.1, -0.05) is 67.3 Å². The molecule has 1 N–H and O–H groups in total. The van der Waals surface area contributed by atoms with Crippen LogP contribution >= 0.6 is 0 Å². The van der Waals surface area contributed by atoms with Crippen LogP contribution in [-0.2, 0) is 26.2 Å². The van der Waals surface area contributed by atoms with Crippen molar-refractivity contribution in [2.24, 2.45) is 0 Å². The molecule has 42 heavy (non-hydrogen) atoms. The molecule has 0 saturated heterocycles. The molecule has 2 amide bonds. The van der Waals surface area contributed by atoms with E-state index in [0.29, 0.717) is 11.4 Å². The zero-order valence-corrected chi connectivity index (χ0v) is 25.7. The van der Waals surface area contributed by atoms with Crippen LogP contribution in [-0.4, -0.2) is 50.9 Å². The first-order valence-corrected chi connectivity index (χ1v) is 15.9. The van der Waals surface area contributed by atoms with Crippen molar-refractivity contribution in [2.75, 3.05) is 18.0 Å². The number of hydrogen-bond donors (Lipinski definition) is 1. The van der Waals surface area contributed by atoms with E-state index in [9.17, 15) is 18.0 Å². The number of amides is 2. The Morgan fingerprint density at radius 2 is 1.62 bits per heavy atom. The van der Waals surface area contributed by atoms with E-state index >= 15 is 0 Å². The summed E-state index contributed by atoms with van der Waals surface area (Å²) in [4.78, 5) is 29.2. The van der Waals surface area contributed by atoms with E-state index in [0.717, 1.165) is 53.1 Å². The third kappa shape index (κ3) is 7.50. The summed E-state index contributed by atoms with van der Waals surface area (Å²) in [7, 11) is -2.52. The largest absolute Gasteiger partial charge is 0.497 e. The van der Waals surface area contributed by atoms with Gasteiger partial charge in [0.15, 0.2) is 0 Å². The minimum absolute atomic E-state index is 0.0804. The lowest BCUT2D eigenvalue weighted by Gasteiger charge is -2.33. The van der Waals surface area contributed by atoms with Gasteiger partial charge in [0.05, 0.1) is 17.7 Å². The molecule has 0 unspecified atom stereocenters. The van der Waals surface area contributed by atoms with Gasteiger partial charge in [-0.15, -0.1) is 0 Å². The van der Waals surface area contributed by atoms with E-state index in [2.05, 4.69) is 5.32 Å². The average molecular weight is 592 g/mol. The Morgan fingerprint density at radius 3 is 2.24 bits per heavy atom. The van der Waals surface area contributed by atoms with E-state index in [1.807, 2.05) is 38.1 Å². The summed E-state index contributed by atoms with van der Waals surface area (Å²) >= 11 is 0. The SMILES string of the molecule is COc1ccc(CN(C(=O)CN(c2ccc(C)cc2C)S(=O)(=O)c2ccccc2)[C@H](C)C(=O)NC2CCCCC2)cc1. The molecule has 1 saturated carbocycles. The summed E-state index contributed by atoms with van der Waals surface area (Å²) < 4.78 is 34.4. The molecule has 0 aromatic heterocycles. The van der Waals surface area contributed by atoms with Crippen LogP contribution in [0.1, 0.15) is 55.7 Å². The monoisotopic (exact) mass is 591 g/mol. The summed E-state index contributed by atoms with van der Waals surface area (Å²) in [6.45, 7) is 5.14. The molecule has 0 aliphatic heterocycles. The second-order valence-electron chi connectivity index (χ2n) is 11.0. The molecule has 3 aromatic carbocycles. The molecular weight excluding hydrogens is 550 g/mol. The first-order valence-electron chi connectivity index (χ1n) is 14.5. The van der Waals surface area contributed by atoms with Crippen LogP contribution in [0.25, 0.3) is 0 Å². The second kappa shape index (κ2) is 13.9.